The van der Waals surface area contributed by atoms with Crippen LogP contribution in [0.25, 0.3) is 0 Å². The van der Waals surface area contributed by atoms with Crippen molar-refractivity contribution in [2.45, 2.75) is 6.04 Å². The van der Waals surface area contributed by atoms with Crippen LogP contribution in [0.5, 0.6) is 0 Å². The molecule has 118 valence electrons. The molecule has 1 aliphatic heterocycles. The minimum Gasteiger partial charge on any atom is -0.352 e. The molecule has 0 aromatic heterocycles. The molecule has 1 unspecified atom stereocenters. The lowest BCUT2D eigenvalue weighted by Crippen LogP contribution is -2.52. The van der Waals surface area contributed by atoms with E-state index in [9.17, 15) is 14.0 Å². The quantitative estimate of drug-likeness (QED) is 0.919. The first kappa shape index (κ1) is 15.5. The Morgan fingerprint density at radius 2 is 2.00 bits per heavy atom. The van der Waals surface area contributed by atoms with Gasteiger partial charge in [0, 0.05) is 23.7 Å². The van der Waals surface area contributed by atoms with Crippen LogP contribution in [0, 0.1) is 5.82 Å². The van der Waals surface area contributed by atoms with E-state index in [1.54, 1.807) is 24.3 Å². The highest BCUT2D eigenvalue weighted by atomic mass is 35.5. The van der Waals surface area contributed by atoms with Gasteiger partial charge in [0.15, 0.2) is 0 Å². The number of rotatable bonds is 2. The Morgan fingerprint density at radius 1 is 1.22 bits per heavy atom. The van der Waals surface area contributed by atoms with Crippen molar-refractivity contribution in [2.24, 2.45) is 0 Å². The zero-order valence-corrected chi connectivity index (χ0v) is 12.9. The fourth-order valence-electron chi connectivity index (χ4n) is 2.68. The minimum atomic E-state index is -0.779. The highest BCUT2D eigenvalue weighted by molar-refractivity contribution is 6.30. The second kappa shape index (κ2) is 6.38. The number of hydrogen-bond acceptors (Lipinski definition) is 2. The van der Waals surface area contributed by atoms with Crippen LogP contribution < -0.4 is 5.32 Å². The van der Waals surface area contributed by atoms with Gasteiger partial charge in [-0.05, 0) is 35.9 Å². The van der Waals surface area contributed by atoms with E-state index in [2.05, 4.69) is 5.32 Å². The molecule has 0 saturated carbocycles. The van der Waals surface area contributed by atoms with Crippen molar-refractivity contribution < 1.29 is 14.0 Å². The molecule has 1 fully saturated rings. The number of carbonyl (C=O) groups is 2. The van der Waals surface area contributed by atoms with Crippen LogP contribution in [0.2, 0.25) is 5.02 Å². The molecule has 0 aliphatic carbocycles. The van der Waals surface area contributed by atoms with E-state index in [-0.39, 0.29) is 17.4 Å². The highest BCUT2D eigenvalue weighted by Crippen LogP contribution is 2.27. The van der Waals surface area contributed by atoms with Crippen molar-refractivity contribution in [2.75, 3.05) is 13.1 Å². The molecule has 1 N–H and O–H groups in total. The summed E-state index contributed by atoms with van der Waals surface area (Å²) in [6.45, 7) is 0.704. The summed E-state index contributed by atoms with van der Waals surface area (Å²) < 4.78 is 13.4. The van der Waals surface area contributed by atoms with Crippen molar-refractivity contribution >= 4 is 23.4 Å². The molecular weight excluding hydrogens is 319 g/mol. The van der Waals surface area contributed by atoms with E-state index < -0.39 is 11.9 Å². The van der Waals surface area contributed by atoms with Gasteiger partial charge in [0.25, 0.3) is 5.91 Å². The number of nitrogens with one attached hydrogen (secondary N) is 1. The van der Waals surface area contributed by atoms with Crippen LogP contribution in [0.1, 0.15) is 22.0 Å². The van der Waals surface area contributed by atoms with Crippen molar-refractivity contribution in [1.29, 1.82) is 0 Å². The van der Waals surface area contributed by atoms with E-state index in [1.807, 2.05) is 0 Å². The second-order valence-corrected chi connectivity index (χ2v) is 5.69. The van der Waals surface area contributed by atoms with Crippen molar-refractivity contribution in [3.05, 3.63) is 70.5 Å². The Kier molecular flexibility index (Phi) is 4.30. The number of halogens is 2. The summed E-state index contributed by atoms with van der Waals surface area (Å²) in [7, 11) is 0. The maximum Gasteiger partial charge on any atom is 0.254 e. The number of amides is 2. The summed E-state index contributed by atoms with van der Waals surface area (Å²) in [4.78, 5) is 26.5. The summed E-state index contributed by atoms with van der Waals surface area (Å²) in [6, 6.07) is 11.5. The zero-order valence-electron chi connectivity index (χ0n) is 12.1. The minimum absolute atomic E-state index is 0.215. The van der Waals surface area contributed by atoms with Gasteiger partial charge in [0.1, 0.15) is 11.9 Å². The summed E-state index contributed by atoms with van der Waals surface area (Å²) in [6.07, 6.45) is 0. The monoisotopic (exact) mass is 332 g/mol. The molecule has 4 nitrogen and oxygen atoms in total. The maximum absolute atomic E-state index is 13.4. The normalized spacial score (nSPS) is 17.7. The Morgan fingerprint density at radius 3 is 2.74 bits per heavy atom. The van der Waals surface area contributed by atoms with Gasteiger partial charge < -0.3 is 10.2 Å². The van der Waals surface area contributed by atoms with E-state index in [0.717, 1.165) is 0 Å². The molecule has 3 rings (SSSR count). The summed E-state index contributed by atoms with van der Waals surface area (Å²) in [5.74, 6) is -1.15. The fraction of sp³-hybridized carbons (Fsp3) is 0.176. The molecule has 1 aliphatic rings. The summed E-state index contributed by atoms with van der Waals surface area (Å²) in [5, 5.41) is 3.23. The van der Waals surface area contributed by atoms with Crippen molar-refractivity contribution in [3.8, 4) is 0 Å². The lowest BCUT2D eigenvalue weighted by Gasteiger charge is -2.35. The Balaban J connectivity index is 1.98. The highest BCUT2D eigenvalue weighted by Gasteiger charge is 2.34. The van der Waals surface area contributed by atoms with Crippen LogP contribution in [0.3, 0.4) is 0 Å². The first-order valence-corrected chi connectivity index (χ1v) is 7.54. The first-order valence-electron chi connectivity index (χ1n) is 7.16. The first-order chi connectivity index (χ1) is 11.1. The fourth-order valence-corrected chi connectivity index (χ4v) is 2.88. The number of nitrogens with zero attached hydrogens (tertiary/aromatic N) is 1. The molecule has 2 aromatic carbocycles. The lowest BCUT2D eigenvalue weighted by molar-refractivity contribution is -0.128. The van der Waals surface area contributed by atoms with E-state index in [1.165, 1.54) is 29.2 Å². The SMILES string of the molecule is O=C1NCCN(C(=O)c2cccc(F)c2)C1c1cccc(Cl)c1. The van der Waals surface area contributed by atoms with Gasteiger partial charge in [-0.25, -0.2) is 4.39 Å². The van der Waals surface area contributed by atoms with Crippen molar-refractivity contribution in [3.63, 3.8) is 0 Å². The molecule has 2 amide bonds. The van der Waals surface area contributed by atoms with E-state index >= 15 is 0 Å². The predicted molar refractivity (Wildman–Crippen MR) is 84.6 cm³/mol. The average Bonchev–Trinajstić information content (AvgIpc) is 2.54. The van der Waals surface area contributed by atoms with Gasteiger partial charge in [-0.2, -0.15) is 0 Å². The smallest absolute Gasteiger partial charge is 0.254 e. The number of hydrogen-bond donors (Lipinski definition) is 1. The molecule has 23 heavy (non-hydrogen) atoms. The van der Waals surface area contributed by atoms with Crippen LogP contribution in [-0.4, -0.2) is 29.8 Å². The van der Waals surface area contributed by atoms with Gasteiger partial charge in [-0.3, -0.25) is 9.59 Å². The molecule has 0 bridgehead atoms. The number of carbonyl (C=O) groups excluding carboxylic acids is 2. The third kappa shape index (κ3) is 3.19. The molecule has 0 radical (unpaired) electrons. The van der Waals surface area contributed by atoms with Gasteiger partial charge in [-0.15, -0.1) is 0 Å². The second-order valence-electron chi connectivity index (χ2n) is 5.26. The Hall–Kier alpha value is -2.40. The number of benzene rings is 2. The Labute approximate surface area is 137 Å². The molecular formula is C17H14ClFN2O2. The van der Waals surface area contributed by atoms with E-state index in [0.29, 0.717) is 23.7 Å². The third-order valence-electron chi connectivity index (χ3n) is 3.71. The molecule has 1 atom stereocenters. The van der Waals surface area contributed by atoms with Crippen LogP contribution >= 0.6 is 11.6 Å². The Bertz CT molecular complexity index is 766. The predicted octanol–water partition coefficient (Wildman–Crippen LogP) is 2.79. The van der Waals surface area contributed by atoms with Crippen molar-refractivity contribution in [1.82, 2.24) is 10.2 Å². The van der Waals surface area contributed by atoms with Gasteiger partial charge in [0.2, 0.25) is 5.91 Å². The lowest BCUT2D eigenvalue weighted by atomic mass is 10.0. The summed E-state index contributed by atoms with van der Waals surface area (Å²) >= 11 is 5.99. The topological polar surface area (TPSA) is 49.4 Å². The van der Waals surface area contributed by atoms with Crippen LogP contribution in [0.4, 0.5) is 4.39 Å². The van der Waals surface area contributed by atoms with Gasteiger partial charge >= 0.3 is 0 Å². The van der Waals surface area contributed by atoms with Crippen LogP contribution in [-0.2, 0) is 4.79 Å². The molecule has 6 heteroatoms. The van der Waals surface area contributed by atoms with E-state index in [4.69, 9.17) is 11.6 Å². The molecule has 1 saturated heterocycles. The average molecular weight is 333 g/mol. The van der Waals surface area contributed by atoms with Gasteiger partial charge in [-0.1, -0.05) is 29.8 Å². The third-order valence-corrected chi connectivity index (χ3v) is 3.94. The summed E-state index contributed by atoms with van der Waals surface area (Å²) in [5.41, 5.74) is 0.839. The van der Waals surface area contributed by atoms with Gasteiger partial charge in [0.05, 0.1) is 0 Å². The zero-order chi connectivity index (χ0) is 16.4. The standard InChI is InChI=1S/C17H14ClFN2O2/c18-13-5-1-3-11(9-13)15-16(22)20-7-8-21(15)17(23)12-4-2-6-14(19)10-12/h1-6,9-10,15H,7-8H2,(H,20,22). The largest absolute Gasteiger partial charge is 0.352 e. The number of piperazine rings is 1. The molecule has 1 heterocycles. The van der Waals surface area contributed by atoms with Crippen LogP contribution in [0.15, 0.2) is 48.5 Å². The molecule has 0 spiro atoms. The maximum atomic E-state index is 13.4. The molecule has 2 aromatic rings.